The van der Waals surface area contributed by atoms with Crippen molar-refractivity contribution in [3.63, 3.8) is 0 Å². The first kappa shape index (κ1) is 59.2. The molecule has 2 atom stereocenters. The van der Waals surface area contributed by atoms with Crippen LogP contribution in [0.3, 0.4) is 0 Å². The number of nitrogens with zero attached hydrogens (tertiary/aromatic N) is 10. The van der Waals surface area contributed by atoms with Crippen LogP contribution in [0.5, 0.6) is 17.2 Å². The molecule has 6 heterocycles. The van der Waals surface area contributed by atoms with Crippen molar-refractivity contribution in [2.24, 2.45) is 0 Å². The third-order valence-corrected chi connectivity index (χ3v) is 13.9. The first-order valence-corrected chi connectivity index (χ1v) is 29.0. The maximum absolute atomic E-state index is 13.3. The van der Waals surface area contributed by atoms with Crippen molar-refractivity contribution in [1.29, 1.82) is 0 Å². The molecule has 19 heteroatoms. The fourth-order valence-electron chi connectivity index (χ4n) is 9.58. The first-order chi connectivity index (χ1) is 38.5. The van der Waals surface area contributed by atoms with Gasteiger partial charge in [-0.15, -0.1) is 10.2 Å². The zero-order chi connectivity index (χ0) is 55.9. The fourth-order valence-corrected chi connectivity index (χ4v) is 9.58. The van der Waals surface area contributed by atoms with E-state index in [-0.39, 0.29) is 11.8 Å². The smallest absolute Gasteiger partial charge is 0.261 e. The second kappa shape index (κ2) is 30.6. The van der Waals surface area contributed by atoms with E-state index >= 15 is 0 Å². The summed E-state index contributed by atoms with van der Waals surface area (Å²) in [5.41, 5.74) is 8.33. The van der Waals surface area contributed by atoms with Gasteiger partial charge >= 0.3 is 0 Å². The fraction of sp³-hybridized carbons (Fsp3) is 0.533. The summed E-state index contributed by atoms with van der Waals surface area (Å²) < 4.78 is 25.5. The topological polar surface area (TPSA) is 213 Å². The number of aromatic nitrogens is 12. The molecule has 2 unspecified atom stereocenters. The van der Waals surface area contributed by atoms with E-state index in [4.69, 9.17) is 19.2 Å². The lowest BCUT2D eigenvalue weighted by Crippen LogP contribution is -2.39. The molecule has 0 aliphatic carbocycles. The number of ether oxygens (including phenoxy) is 3. The molecule has 0 aliphatic heterocycles. The van der Waals surface area contributed by atoms with Gasteiger partial charge in [0.2, 0.25) is 11.3 Å². The maximum Gasteiger partial charge on any atom is 0.261 e. The molecule has 6 aromatic heterocycles. The predicted octanol–water partition coefficient (Wildman–Crippen LogP) is 11.3. The molecular formula is C60H86N14O5. The molecule has 426 valence electrons. The summed E-state index contributed by atoms with van der Waals surface area (Å²) >= 11 is 0. The van der Waals surface area contributed by atoms with Crippen molar-refractivity contribution in [3.8, 4) is 28.6 Å². The number of aryl methyl sites for hydroxylation is 6. The summed E-state index contributed by atoms with van der Waals surface area (Å²) in [4.78, 5) is 35.6. The first-order valence-electron chi connectivity index (χ1n) is 29.0. The average Bonchev–Trinajstić information content (AvgIpc) is 4.52. The van der Waals surface area contributed by atoms with E-state index in [2.05, 4.69) is 73.0 Å². The third kappa shape index (κ3) is 17.3. The van der Waals surface area contributed by atoms with E-state index in [0.717, 1.165) is 83.2 Å². The number of carbonyl (C=O) groups is 2. The average molecular weight is 1080 g/mol. The van der Waals surface area contributed by atoms with Gasteiger partial charge in [0.25, 0.3) is 11.8 Å². The molecule has 0 aliphatic rings. The van der Waals surface area contributed by atoms with Crippen LogP contribution < -0.4 is 24.8 Å². The number of amides is 2. The number of hydrogen-bond donors (Lipinski definition) is 4. The second-order valence-electron chi connectivity index (χ2n) is 20.8. The normalized spacial score (nSPS) is 12.2. The van der Waals surface area contributed by atoms with Crippen LogP contribution in [0, 0.1) is 34.6 Å². The van der Waals surface area contributed by atoms with Crippen molar-refractivity contribution in [3.05, 3.63) is 113 Å². The quantitative estimate of drug-likeness (QED) is 0.0284. The van der Waals surface area contributed by atoms with Crippen LogP contribution in [0.25, 0.3) is 22.7 Å². The molecule has 0 radical (unpaired) electrons. The lowest BCUT2D eigenvalue weighted by atomic mass is 10.1. The number of unbranched alkanes of at least 4 members (excludes halogenated alkanes) is 11. The minimum Gasteiger partial charge on any atom is -0.490 e. The Balaban J connectivity index is 0.000000241. The summed E-state index contributed by atoms with van der Waals surface area (Å²) in [5.74, 6) is 3.26. The zero-order valence-corrected chi connectivity index (χ0v) is 48.2. The molecule has 2 aromatic carbocycles. The van der Waals surface area contributed by atoms with E-state index in [1.807, 2.05) is 89.5 Å². The van der Waals surface area contributed by atoms with Gasteiger partial charge in [0.1, 0.15) is 17.1 Å². The summed E-state index contributed by atoms with van der Waals surface area (Å²) in [6.45, 7) is 18.1. The molecule has 8 aromatic rings. The minimum absolute atomic E-state index is 0.0999. The number of aromatic amines is 2. The Bertz CT molecular complexity index is 3080. The Morgan fingerprint density at radius 2 is 1.05 bits per heavy atom. The van der Waals surface area contributed by atoms with Crippen molar-refractivity contribution in [1.82, 2.24) is 69.8 Å². The van der Waals surface area contributed by atoms with E-state index < -0.39 is 12.2 Å². The number of hydrogen-bond acceptors (Lipinski definition) is 11. The van der Waals surface area contributed by atoms with Gasteiger partial charge in [0, 0.05) is 50.7 Å². The van der Waals surface area contributed by atoms with Gasteiger partial charge in [-0.3, -0.25) is 19.8 Å². The van der Waals surface area contributed by atoms with Gasteiger partial charge < -0.3 is 24.8 Å². The summed E-state index contributed by atoms with van der Waals surface area (Å²) in [7, 11) is 0. The Labute approximate surface area is 466 Å². The molecule has 19 nitrogen and oxygen atoms in total. The summed E-state index contributed by atoms with van der Waals surface area (Å²) in [6.07, 6.45) is 26.0. The van der Waals surface area contributed by atoms with E-state index in [0.29, 0.717) is 74.8 Å². The van der Waals surface area contributed by atoms with Gasteiger partial charge in [-0.05, 0) is 115 Å². The molecule has 0 saturated heterocycles. The van der Waals surface area contributed by atoms with Gasteiger partial charge in [0.15, 0.2) is 35.4 Å². The molecule has 2 amide bonds. The van der Waals surface area contributed by atoms with Crippen LogP contribution in [-0.4, -0.2) is 103 Å². The molecule has 8 rings (SSSR count). The zero-order valence-electron chi connectivity index (χ0n) is 48.2. The van der Waals surface area contributed by atoms with E-state index in [1.54, 1.807) is 31.0 Å². The van der Waals surface area contributed by atoms with Gasteiger partial charge in [-0.2, -0.15) is 19.5 Å². The molecular weight excluding hydrogens is 997 g/mol. The maximum atomic E-state index is 13.3. The number of nitrogens with one attached hydrogen (secondary N) is 4. The van der Waals surface area contributed by atoms with E-state index in [1.165, 1.54) is 63.4 Å². The lowest BCUT2D eigenvalue weighted by molar-refractivity contribution is -0.129. The number of carbonyl (C=O) groups excluding carboxylic acids is 2. The molecule has 79 heavy (non-hydrogen) atoms. The Morgan fingerprint density at radius 1 is 0.557 bits per heavy atom. The van der Waals surface area contributed by atoms with Gasteiger partial charge in [-0.25, -0.2) is 19.3 Å². The van der Waals surface area contributed by atoms with E-state index in [9.17, 15) is 9.59 Å². The standard InChI is InChI=1S/C36H55N7O3.C24H31N7O2/c1-5-7-9-10-11-12-13-14-15-16-26-45-30-22-21-28(3)27-32(30)46-31(19-8-6-2)36(44)37-23-17-20-33-39-35-34(42-25-18-24-38-42)29(4)40-43(35)41-33;1-5-6-8-20(33-19-10-9-16(2)15-17(19)3)24(32)25-13-11-21-27-23-22(30-14-7-12-26-30)18(4)28-31(23)29-21/h18,21-22,24-25,27,31,40H,5-17,19-20,23,26H2,1-4H3,(H,37,44);7,9-10,12,14-15,20,28H,5-6,8,11,13H2,1-4H3,(H,25,32). The number of benzene rings is 2. The van der Waals surface area contributed by atoms with Crippen LogP contribution in [0.4, 0.5) is 0 Å². The highest BCUT2D eigenvalue weighted by atomic mass is 16.5. The largest absolute Gasteiger partial charge is 0.490 e. The third-order valence-electron chi connectivity index (χ3n) is 13.9. The Hall–Kier alpha value is -7.44. The second-order valence-corrected chi connectivity index (χ2v) is 20.8. The monoisotopic (exact) mass is 1080 g/mol. The van der Waals surface area contributed by atoms with Crippen LogP contribution in [-0.2, 0) is 22.4 Å². The van der Waals surface area contributed by atoms with Gasteiger partial charge in [-0.1, -0.05) is 115 Å². The highest BCUT2D eigenvalue weighted by Gasteiger charge is 2.24. The Morgan fingerprint density at radius 3 is 1.58 bits per heavy atom. The molecule has 0 fully saturated rings. The van der Waals surface area contributed by atoms with Crippen molar-refractivity contribution in [2.45, 2.75) is 190 Å². The molecule has 0 saturated carbocycles. The lowest BCUT2D eigenvalue weighted by Gasteiger charge is -2.21. The van der Waals surface area contributed by atoms with Crippen molar-refractivity contribution < 1.29 is 23.8 Å². The number of rotatable bonds is 33. The molecule has 4 N–H and O–H groups in total. The predicted molar refractivity (Wildman–Crippen MR) is 309 cm³/mol. The summed E-state index contributed by atoms with van der Waals surface area (Å²) in [6, 6.07) is 15.7. The minimum atomic E-state index is -0.579. The highest BCUT2D eigenvalue weighted by Crippen LogP contribution is 2.31. The SMILES string of the molecule is CCCCC(Oc1ccc(C)cc1C)C(=O)NCCc1nc2c(-n3cccn3)c(C)[nH]n2n1.CCCCCCCCCCCCOc1ccc(C)cc1OC(CCCC)C(=O)NCCCc1nc2c(-n3cccn3)c(C)[nH]n2n1. The highest BCUT2D eigenvalue weighted by molar-refractivity contribution is 5.81. The van der Waals surface area contributed by atoms with Crippen LogP contribution >= 0.6 is 0 Å². The molecule has 0 bridgehead atoms. The van der Waals surface area contributed by atoms with Crippen LogP contribution in [0.15, 0.2) is 73.3 Å². The van der Waals surface area contributed by atoms with Crippen LogP contribution in [0.2, 0.25) is 0 Å². The van der Waals surface area contributed by atoms with Crippen LogP contribution in [0.1, 0.15) is 170 Å². The van der Waals surface area contributed by atoms with Crippen molar-refractivity contribution in [2.75, 3.05) is 19.7 Å². The number of H-pyrrole nitrogens is 2. The van der Waals surface area contributed by atoms with Crippen molar-refractivity contribution >= 4 is 23.1 Å². The summed E-state index contributed by atoms with van der Waals surface area (Å²) in [5, 5.41) is 30.2. The Kier molecular flexibility index (Phi) is 23.0. The number of fused-ring (bicyclic) bond motifs is 2. The molecule has 0 spiro atoms. The van der Waals surface area contributed by atoms with Gasteiger partial charge in [0.05, 0.1) is 18.0 Å².